The summed E-state index contributed by atoms with van der Waals surface area (Å²) in [6.45, 7) is 5.67. The summed E-state index contributed by atoms with van der Waals surface area (Å²) in [5, 5.41) is 18.2. The molecule has 0 bridgehead atoms. The maximum Gasteiger partial charge on any atom is 0.267 e. The van der Waals surface area contributed by atoms with Gasteiger partial charge in [-0.2, -0.15) is 5.26 Å². The molecule has 1 heterocycles. The number of nitrogens with zero attached hydrogens (tertiary/aromatic N) is 2. The SMILES string of the molecule is N#C/C(=C/NCCN1CCNCC1)C(=O)Nc1ccc(Br)cc1. The highest BCUT2D eigenvalue weighted by Crippen LogP contribution is 2.14. The smallest absolute Gasteiger partial charge is 0.267 e. The molecule has 1 fully saturated rings. The lowest BCUT2D eigenvalue weighted by atomic mass is 10.2. The van der Waals surface area contributed by atoms with E-state index in [1.807, 2.05) is 18.2 Å². The predicted octanol–water partition coefficient (Wildman–Crippen LogP) is 1.29. The van der Waals surface area contributed by atoms with E-state index in [1.165, 1.54) is 6.20 Å². The van der Waals surface area contributed by atoms with Gasteiger partial charge in [-0.25, -0.2) is 0 Å². The molecule has 3 N–H and O–H groups in total. The number of nitriles is 1. The molecule has 0 saturated carbocycles. The van der Waals surface area contributed by atoms with Gasteiger partial charge in [0.05, 0.1) is 0 Å². The summed E-state index contributed by atoms with van der Waals surface area (Å²) in [6.07, 6.45) is 1.48. The minimum Gasteiger partial charge on any atom is -0.388 e. The summed E-state index contributed by atoms with van der Waals surface area (Å²) in [7, 11) is 0. The third kappa shape index (κ3) is 6.02. The van der Waals surface area contributed by atoms with Gasteiger partial charge in [-0.05, 0) is 24.3 Å². The van der Waals surface area contributed by atoms with E-state index in [4.69, 9.17) is 5.26 Å². The lowest BCUT2D eigenvalue weighted by Gasteiger charge is -2.26. The van der Waals surface area contributed by atoms with E-state index >= 15 is 0 Å². The van der Waals surface area contributed by atoms with Crippen molar-refractivity contribution in [3.63, 3.8) is 0 Å². The Morgan fingerprint density at radius 1 is 1.35 bits per heavy atom. The Morgan fingerprint density at radius 3 is 2.70 bits per heavy atom. The van der Waals surface area contributed by atoms with E-state index < -0.39 is 5.91 Å². The molecule has 23 heavy (non-hydrogen) atoms. The largest absolute Gasteiger partial charge is 0.388 e. The van der Waals surface area contributed by atoms with Gasteiger partial charge in [0.15, 0.2) is 0 Å². The first-order valence-corrected chi connectivity index (χ1v) is 8.32. The van der Waals surface area contributed by atoms with Crippen molar-refractivity contribution in [1.82, 2.24) is 15.5 Å². The molecule has 1 aromatic carbocycles. The predicted molar refractivity (Wildman–Crippen MR) is 93.8 cm³/mol. The average molecular weight is 378 g/mol. The van der Waals surface area contributed by atoms with Crippen LogP contribution in [0.2, 0.25) is 0 Å². The molecule has 0 radical (unpaired) electrons. The van der Waals surface area contributed by atoms with Crippen molar-refractivity contribution in [3.05, 3.63) is 40.5 Å². The molecule has 2 rings (SSSR count). The van der Waals surface area contributed by atoms with Crippen molar-refractivity contribution in [3.8, 4) is 6.07 Å². The van der Waals surface area contributed by atoms with Gasteiger partial charge in [0.2, 0.25) is 0 Å². The monoisotopic (exact) mass is 377 g/mol. The van der Waals surface area contributed by atoms with Crippen molar-refractivity contribution >= 4 is 27.5 Å². The summed E-state index contributed by atoms with van der Waals surface area (Å²) >= 11 is 3.33. The zero-order chi connectivity index (χ0) is 16.5. The molecule has 0 atom stereocenters. The molecule has 6 nitrogen and oxygen atoms in total. The number of nitrogens with one attached hydrogen (secondary N) is 3. The Morgan fingerprint density at radius 2 is 2.04 bits per heavy atom. The fourth-order valence-electron chi connectivity index (χ4n) is 2.21. The number of amides is 1. The maximum atomic E-state index is 12.1. The number of halogens is 1. The van der Waals surface area contributed by atoms with Gasteiger partial charge in [0.25, 0.3) is 5.91 Å². The van der Waals surface area contributed by atoms with Crippen LogP contribution in [-0.4, -0.2) is 50.1 Å². The van der Waals surface area contributed by atoms with Crippen LogP contribution in [0.4, 0.5) is 5.69 Å². The zero-order valence-corrected chi connectivity index (χ0v) is 14.4. The van der Waals surface area contributed by atoms with Gasteiger partial charge >= 0.3 is 0 Å². The van der Waals surface area contributed by atoms with E-state index in [-0.39, 0.29) is 5.57 Å². The van der Waals surface area contributed by atoms with E-state index in [1.54, 1.807) is 12.1 Å². The minimum atomic E-state index is -0.413. The summed E-state index contributed by atoms with van der Waals surface area (Å²) in [5.41, 5.74) is 0.716. The normalized spacial score (nSPS) is 15.7. The molecule has 1 aromatic rings. The molecule has 0 unspecified atom stereocenters. The van der Waals surface area contributed by atoms with Crippen LogP contribution in [0.25, 0.3) is 0 Å². The van der Waals surface area contributed by atoms with Gasteiger partial charge in [-0.15, -0.1) is 0 Å². The lowest BCUT2D eigenvalue weighted by molar-refractivity contribution is -0.112. The van der Waals surface area contributed by atoms with E-state index in [2.05, 4.69) is 36.8 Å². The zero-order valence-electron chi connectivity index (χ0n) is 12.8. The van der Waals surface area contributed by atoms with Gasteiger partial charge in [0.1, 0.15) is 11.6 Å². The second kappa shape index (κ2) is 9.30. The van der Waals surface area contributed by atoms with Gasteiger partial charge in [-0.1, -0.05) is 15.9 Å². The Kier molecular flexibility index (Phi) is 7.07. The van der Waals surface area contributed by atoms with Crippen LogP contribution < -0.4 is 16.0 Å². The first-order chi connectivity index (χ1) is 11.2. The van der Waals surface area contributed by atoms with Crippen LogP contribution in [0, 0.1) is 11.3 Å². The fourth-order valence-corrected chi connectivity index (χ4v) is 2.48. The van der Waals surface area contributed by atoms with Crippen LogP contribution >= 0.6 is 15.9 Å². The highest BCUT2D eigenvalue weighted by molar-refractivity contribution is 9.10. The molecule has 0 aromatic heterocycles. The van der Waals surface area contributed by atoms with Gasteiger partial charge in [0, 0.05) is 55.6 Å². The minimum absolute atomic E-state index is 0.0632. The van der Waals surface area contributed by atoms with Crippen LogP contribution in [0.15, 0.2) is 40.5 Å². The Bertz CT molecular complexity index is 587. The van der Waals surface area contributed by atoms with Crippen LogP contribution in [0.5, 0.6) is 0 Å². The summed E-state index contributed by atoms with van der Waals surface area (Å²) in [4.78, 5) is 14.4. The van der Waals surface area contributed by atoms with E-state index in [0.717, 1.165) is 37.2 Å². The quantitative estimate of drug-likeness (QED) is 0.395. The second-order valence-electron chi connectivity index (χ2n) is 5.18. The van der Waals surface area contributed by atoms with E-state index in [9.17, 15) is 4.79 Å². The summed E-state index contributed by atoms with van der Waals surface area (Å²) < 4.78 is 0.932. The van der Waals surface area contributed by atoms with Crippen molar-refractivity contribution < 1.29 is 4.79 Å². The summed E-state index contributed by atoms with van der Waals surface area (Å²) in [5.74, 6) is -0.413. The van der Waals surface area contributed by atoms with Crippen LogP contribution in [-0.2, 0) is 4.79 Å². The third-order valence-electron chi connectivity index (χ3n) is 3.50. The standard InChI is InChI=1S/C16H20BrN5O/c17-14-1-3-15(4-2-14)21-16(23)13(11-18)12-20-7-10-22-8-5-19-6-9-22/h1-4,12,19-20H,5-10H2,(H,21,23)/b13-12-. The molecule has 0 spiro atoms. The fraction of sp³-hybridized carbons (Fsp3) is 0.375. The average Bonchev–Trinajstić information content (AvgIpc) is 2.58. The molecule has 1 saturated heterocycles. The highest BCUT2D eigenvalue weighted by atomic mass is 79.9. The number of benzene rings is 1. The Labute approximate surface area is 144 Å². The van der Waals surface area contributed by atoms with Crippen molar-refractivity contribution in [1.29, 1.82) is 5.26 Å². The molecule has 7 heteroatoms. The maximum absolute atomic E-state index is 12.1. The first kappa shape index (κ1) is 17.5. The number of rotatable bonds is 6. The molecular weight excluding hydrogens is 358 g/mol. The number of anilines is 1. The molecule has 1 aliphatic heterocycles. The van der Waals surface area contributed by atoms with Gasteiger partial charge in [-0.3, -0.25) is 9.69 Å². The summed E-state index contributed by atoms with van der Waals surface area (Å²) in [6, 6.07) is 9.13. The molecular formula is C16H20BrN5O. The second-order valence-corrected chi connectivity index (χ2v) is 6.09. The highest BCUT2D eigenvalue weighted by Gasteiger charge is 2.10. The number of hydrogen-bond donors (Lipinski definition) is 3. The van der Waals surface area contributed by atoms with E-state index in [0.29, 0.717) is 12.2 Å². The molecule has 122 valence electrons. The lowest BCUT2D eigenvalue weighted by Crippen LogP contribution is -2.45. The molecule has 1 amide bonds. The van der Waals surface area contributed by atoms with Gasteiger partial charge < -0.3 is 16.0 Å². The topological polar surface area (TPSA) is 80.2 Å². The third-order valence-corrected chi connectivity index (χ3v) is 4.02. The number of carbonyl (C=O) groups is 1. The first-order valence-electron chi connectivity index (χ1n) is 7.52. The van der Waals surface area contributed by atoms with Crippen LogP contribution in [0.3, 0.4) is 0 Å². The van der Waals surface area contributed by atoms with Crippen LogP contribution in [0.1, 0.15) is 0 Å². The molecule has 0 aliphatic carbocycles. The number of piperazine rings is 1. The molecule has 1 aliphatic rings. The van der Waals surface area contributed by atoms with Crippen molar-refractivity contribution in [2.75, 3.05) is 44.6 Å². The Hall–Kier alpha value is -1.88. The van der Waals surface area contributed by atoms with Crippen molar-refractivity contribution in [2.24, 2.45) is 0 Å². The number of hydrogen-bond acceptors (Lipinski definition) is 5. The van der Waals surface area contributed by atoms with Crippen molar-refractivity contribution in [2.45, 2.75) is 0 Å². The Balaban J connectivity index is 1.79. The number of carbonyl (C=O) groups excluding carboxylic acids is 1.